The van der Waals surface area contributed by atoms with Gasteiger partial charge in [0.15, 0.2) is 18.1 Å². The van der Waals surface area contributed by atoms with Crippen LogP contribution in [0.3, 0.4) is 0 Å². The van der Waals surface area contributed by atoms with E-state index >= 15 is 0 Å². The van der Waals surface area contributed by atoms with Gasteiger partial charge in [-0.25, -0.2) is 4.79 Å². The van der Waals surface area contributed by atoms with E-state index in [1.54, 1.807) is 52.1 Å². The van der Waals surface area contributed by atoms with Crippen molar-refractivity contribution >= 4 is 17.6 Å². The molecule has 34 heavy (non-hydrogen) atoms. The molecule has 0 bridgehead atoms. The summed E-state index contributed by atoms with van der Waals surface area (Å²) in [6.45, 7) is 5.05. The van der Waals surface area contributed by atoms with Crippen LogP contribution in [0.4, 0.5) is 5.69 Å². The van der Waals surface area contributed by atoms with Crippen molar-refractivity contribution in [2.24, 2.45) is 5.41 Å². The third kappa shape index (κ3) is 5.64. The first kappa shape index (κ1) is 24.6. The molecule has 10 nitrogen and oxygen atoms in total. The van der Waals surface area contributed by atoms with Crippen molar-refractivity contribution in [3.63, 3.8) is 0 Å². The van der Waals surface area contributed by atoms with Crippen molar-refractivity contribution in [1.82, 2.24) is 10.1 Å². The van der Waals surface area contributed by atoms with Gasteiger partial charge in [-0.3, -0.25) is 4.79 Å². The molecule has 3 aromatic rings. The quantitative estimate of drug-likeness (QED) is 0.486. The van der Waals surface area contributed by atoms with E-state index in [4.69, 9.17) is 23.5 Å². The van der Waals surface area contributed by atoms with Crippen LogP contribution in [0, 0.1) is 5.41 Å². The summed E-state index contributed by atoms with van der Waals surface area (Å²) < 4.78 is 26.4. The van der Waals surface area contributed by atoms with Crippen LogP contribution in [0.1, 0.15) is 37.0 Å². The van der Waals surface area contributed by atoms with Crippen LogP contribution < -0.4 is 19.5 Å². The van der Waals surface area contributed by atoms with Gasteiger partial charge < -0.3 is 28.8 Å². The van der Waals surface area contributed by atoms with Crippen molar-refractivity contribution < 1.29 is 33.1 Å². The number of anilines is 1. The first-order valence-electron chi connectivity index (χ1n) is 10.4. The lowest BCUT2D eigenvalue weighted by Gasteiger charge is -2.20. The number of hydrogen-bond donors (Lipinski definition) is 1. The summed E-state index contributed by atoms with van der Waals surface area (Å²) >= 11 is 0. The third-order valence-electron chi connectivity index (χ3n) is 4.81. The minimum atomic E-state index is -0.707. The Morgan fingerprint density at radius 1 is 0.971 bits per heavy atom. The lowest BCUT2D eigenvalue weighted by atomic mass is 9.95. The number of amides is 1. The number of esters is 1. The fraction of sp³-hybridized carbons (Fsp3) is 0.333. The Labute approximate surface area is 197 Å². The summed E-state index contributed by atoms with van der Waals surface area (Å²) in [5.74, 6) is 0.826. The summed E-state index contributed by atoms with van der Waals surface area (Å²) in [4.78, 5) is 29.7. The first-order chi connectivity index (χ1) is 16.2. The zero-order chi connectivity index (χ0) is 24.9. The van der Waals surface area contributed by atoms with E-state index in [-0.39, 0.29) is 35.5 Å². The number of carbonyl (C=O) groups excluding carboxylic acids is 2. The lowest BCUT2D eigenvalue weighted by Crippen LogP contribution is -2.28. The molecule has 0 spiro atoms. The normalized spacial score (nSPS) is 11.0. The van der Waals surface area contributed by atoms with Crippen LogP contribution >= 0.6 is 0 Å². The molecule has 0 aliphatic carbocycles. The Balaban J connectivity index is 1.79. The molecule has 0 fully saturated rings. The second-order valence-corrected chi connectivity index (χ2v) is 8.28. The molecule has 0 radical (unpaired) electrons. The predicted molar refractivity (Wildman–Crippen MR) is 123 cm³/mol. The van der Waals surface area contributed by atoms with Gasteiger partial charge in [-0.2, -0.15) is 4.98 Å². The molecule has 1 amide bonds. The van der Waals surface area contributed by atoms with Crippen LogP contribution in [0.2, 0.25) is 0 Å². The summed E-state index contributed by atoms with van der Waals surface area (Å²) in [6, 6.07) is 10.0. The van der Waals surface area contributed by atoms with Gasteiger partial charge in [-0.05, 0) is 24.3 Å². The molecule has 0 unspecified atom stereocenters. The highest BCUT2D eigenvalue weighted by atomic mass is 16.5. The van der Waals surface area contributed by atoms with Crippen LogP contribution in [0.25, 0.3) is 11.5 Å². The second kappa shape index (κ2) is 10.2. The highest BCUT2D eigenvalue weighted by Crippen LogP contribution is 2.34. The molecule has 2 aromatic carbocycles. The monoisotopic (exact) mass is 469 g/mol. The van der Waals surface area contributed by atoms with E-state index in [1.165, 1.54) is 26.4 Å². The van der Waals surface area contributed by atoms with Crippen molar-refractivity contribution in [2.45, 2.75) is 27.4 Å². The summed E-state index contributed by atoms with van der Waals surface area (Å²) in [5.41, 5.74) is 0.332. The van der Waals surface area contributed by atoms with Crippen LogP contribution in [0.5, 0.6) is 17.2 Å². The fourth-order valence-electron chi connectivity index (χ4n) is 2.83. The number of hydrogen-bond acceptors (Lipinski definition) is 9. The molecule has 0 atom stereocenters. The Bertz CT molecular complexity index is 1160. The van der Waals surface area contributed by atoms with Crippen LogP contribution in [-0.2, 0) is 16.1 Å². The standard InChI is InChI=1S/C24H27N3O7/c1-24(2,3)23(29)25-17-12-19(32-6)18(31-5)11-16(17)22(28)33-13-20-26-21(34-27-20)14-7-9-15(30-4)10-8-14/h7-12H,13H2,1-6H3,(H,25,29). The maximum atomic E-state index is 12.9. The molecule has 0 aliphatic heterocycles. The molecule has 10 heteroatoms. The molecule has 1 aromatic heterocycles. The molecule has 3 rings (SSSR count). The Hall–Kier alpha value is -4.08. The first-order valence-corrected chi connectivity index (χ1v) is 10.4. The molecule has 180 valence electrons. The average Bonchev–Trinajstić information content (AvgIpc) is 3.30. The van der Waals surface area contributed by atoms with Gasteiger partial charge in [0, 0.05) is 23.1 Å². The van der Waals surface area contributed by atoms with Gasteiger partial charge in [0.2, 0.25) is 11.7 Å². The lowest BCUT2D eigenvalue weighted by molar-refractivity contribution is -0.123. The number of carbonyl (C=O) groups is 2. The summed E-state index contributed by atoms with van der Waals surface area (Å²) in [6.07, 6.45) is 0. The van der Waals surface area contributed by atoms with E-state index < -0.39 is 11.4 Å². The van der Waals surface area contributed by atoms with Crippen molar-refractivity contribution in [2.75, 3.05) is 26.6 Å². The van der Waals surface area contributed by atoms with Gasteiger partial charge >= 0.3 is 5.97 Å². The Kier molecular flexibility index (Phi) is 7.40. The van der Waals surface area contributed by atoms with E-state index in [0.717, 1.165) is 0 Å². The van der Waals surface area contributed by atoms with E-state index in [9.17, 15) is 9.59 Å². The molecular weight excluding hydrogens is 442 g/mol. The van der Waals surface area contributed by atoms with Gasteiger partial charge in [0.05, 0.1) is 32.6 Å². The maximum Gasteiger partial charge on any atom is 0.340 e. The van der Waals surface area contributed by atoms with Gasteiger partial charge in [0.1, 0.15) is 5.75 Å². The fourth-order valence-corrected chi connectivity index (χ4v) is 2.83. The second-order valence-electron chi connectivity index (χ2n) is 8.28. The number of rotatable bonds is 8. The van der Waals surface area contributed by atoms with Crippen molar-refractivity contribution in [1.29, 1.82) is 0 Å². The van der Waals surface area contributed by atoms with Crippen molar-refractivity contribution in [3.8, 4) is 28.7 Å². The number of aromatic nitrogens is 2. The highest BCUT2D eigenvalue weighted by Gasteiger charge is 2.25. The number of nitrogens with one attached hydrogen (secondary N) is 1. The SMILES string of the molecule is COc1ccc(-c2nc(COC(=O)c3cc(OC)c(OC)cc3NC(=O)C(C)(C)C)no2)cc1. The minimum absolute atomic E-state index is 0.0918. The topological polar surface area (TPSA) is 122 Å². The smallest absolute Gasteiger partial charge is 0.340 e. The number of methoxy groups -OCH3 is 3. The number of benzene rings is 2. The number of ether oxygens (including phenoxy) is 4. The van der Waals surface area contributed by atoms with Crippen LogP contribution in [-0.4, -0.2) is 43.3 Å². The van der Waals surface area contributed by atoms with E-state index in [2.05, 4.69) is 15.5 Å². The highest BCUT2D eigenvalue weighted by molar-refractivity contribution is 6.03. The van der Waals surface area contributed by atoms with E-state index in [0.29, 0.717) is 22.8 Å². The van der Waals surface area contributed by atoms with Gasteiger partial charge in [-0.1, -0.05) is 25.9 Å². The molecule has 0 saturated carbocycles. The zero-order valence-corrected chi connectivity index (χ0v) is 19.9. The molecule has 1 N–H and O–H groups in total. The molecule has 0 saturated heterocycles. The molecule has 0 aliphatic rings. The minimum Gasteiger partial charge on any atom is -0.497 e. The van der Waals surface area contributed by atoms with Gasteiger partial charge in [0.25, 0.3) is 5.89 Å². The maximum absolute atomic E-state index is 12.9. The summed E-state index contributed by atoms with van der Waals surface area (Å²) in [7, 11) is 4.48. The number of nitrogens with zero attached hydrogens (tertiary/aromatic N) is 2. The molecule has 1 heterocycles. The third-order valence-corrected chi connectivity index (χ3v) is 4.81. The van der Waals surface area contributed by atoms with Gasteiger partial charge in [-0.15, -0.1) is 0 Å². The predicted octanol–water partition coefficient (Wildman–Crippen LogP) is 4.10. The Morgan fingerprint density at radius 2 is 1.62 bits per heavy atom. The summed E-state index contributed by atoms with van der Waals surface area (Å²) in [5, 5.41) is 6.61. The molecular formula is C24H27N3O7. The average molecular weight is 469 g/mol. The Morgan fingerprint density at radius 3 is 2.21 bits per heavy atom. The van der Waals surface area contributed by atoms with Crippen molar-refractivity contribution in [3.05, 3.63) is 47.8 Å². The zero-order valence-electron chi connectivity index (χ0n) is 19.9. The van der Waals surface area contributed by atoms with Crippen LogP contribution in [0.15, 0.2) is 40.9 Å². The largest absolute Gasteiger partial charge is 0.497 e. The van der Waals surface area contributed by atoms with E-state index in [1.807, 2.05) is 0 Å².